The van der Waals surface area contributed by atoms with Crippen molar-refractivity contribution in [2.75, 3.05) is 51.5 Å². The van der Waals surface area contributed by atoms with Gasteiger partial charge in [0.1, 0.15) is 18.0 Å². The number of amides is 2. The van der Waals surface area contributed by atoms with Gasteiger partial charge < -0.3 is 24.0 Å². The molecule has 2 aliphatic heterocycles. The second-order valence-corrected chi connectivity index (χ2v) is 7.24. The fourth-order valence-electron chi connectivity index (χ4n) is 3.59. The number of carbonyl (C=O) groups excluding carboxylic acids is 2. The van der Waals surface area contributed by atoms with E-state index >= 15 is 0 Å². The summed E-state index contributed by atoms with van der Waals surface area (Å²) in [6.07, 6.45) is 1.94. The molecule has 3 aliphatic rings. The van der Waals surface area contributed by atoms with E-state index in [9.17, 15) is 9.59 Å². The first kappa shape index (κ1) is 17.3. The molecule has 0 aromatic heterocycles. The summed E-state index contributed by atoms with van der Waals surface area (Å²) in [6, 6.07) is 7.41. The van der Waals surface area contributed by atoms with E-state index in [1.807, 2.05) is 29.2 Å². The van der Waals surface area contributed by atoms with Gasteiger partial charge in [0, 0.05) is 24.2 Å². The molecule has 140 valence electrons. The third kappa shape index (κ3) is 3.41. The number of ether oxygens (including phenoxy) is 3. The maximum absolute atomic E-state index is 12.6. The van der Waals surface area contributed by atoms with E-state index in [0.717, 1.165) is 18.5 Å². The minimum Gasteiger partial charge on any atom is -0.497 e. The molecular formula is C19H24N2O5. The smallest absolute Gasteiger partial charge is 0.253 e. The van der Waals surface area contributed by atoms with Crippen molar-refractivity contribution in [2.24, 2.45) is 5.92 Å². The molecule has 26 heavy (non-hydrogen) atoms. The molecule has 7 heteroatoms. The van der Waals surface area contributed by atoms with Crippen LogP contribution in [0.1, 0.15) is 12.8 Å². The maximum Gasteiger partial charge on any atom is 0.253 e. The van der Waals surface area contributed by atoms with Gasteiger partial charge >= 0.3 is 0 Å². The second kappa shape index (κ2) is 6.89. The van der Waals surface area contributed by atoms with Crippen LogP contribution in [0.4, 0.5) is 5.69 Å². The van der Waals surface area contributed by atoms with Crippen LogP contribution >= 0.6 is 0 Å². The van der Waals surface area contributed by atoms with Gasteiger partial charge in [-0.15, -0.1) is 0 Å². The second-order valence-electron chi connectivity index (χ2n) is 7.24. The van der Waals surface area contributed by atoms with E-state index < -0.39 is 5.60 Å². The van der Waals surface area contributed by atoms with Crippen LogP contribution in [0.3, 0.4) is 0 Å². The van der Waals surface area contributed by atoms with Gasteiger partial charge in [0.15, 0.2) is 0 Å². The molecule has 0 N–H and O–H groups in total. The van der Waals surface area contributed by atoms with Gasteiger partial charge in [-0.1, -0.05) is 6.07 Å². The highest BCUT2D eigenvalue weighted by atomic mass is 16.6. The number of hydrogen-bond acceptors (Lipinski definition) is 5. The highest BCUT2D eigenvalue weighted by molar-refractivity contribution is 5.95. The first-order valence-electron chi connectivity index (χ1n) is 9.05. The summed E-state index contributed by atoms with van der Waals surface area (Å²) >= 11 is 0. The number of anilines is 1. The van der Waals surface area contributed by atoms with Gasteiger partial charge in [-0.2, -0.15) is 0 Å². The highest BCUT2D eigenvalue weighted by Gasteiger charge is 2.45. The molecule has 1 aromatic carbocycles. The number of rotatable bonds is 3. The van der Waals surface area contributed by atoms with Gasteiger partial charge in [0.25, 0.3) is 5.91 Å². The van der Waals surface area contributed by atoms with Crippen LogP contribution in [-0.2, 0) is 19.1 Å². The van der Waals surface area contributed by atoms with Crippen molar-refractivity contribution in [2.45, 2.75) is 18.4 Å². The summed E-state index contributed by atoms with van der Waals surface area (Å²) in [5.74, 6) is 0.930. The summed E-state index contributed by atoms with van der Waals surface area (Å²) in [6.45, 7) is 2.23. The average molecular weight is 360 g/mol. The van der Waals surface area contributed by atoms with Crippen molar-refractivity contribution >= 4 is 17.5 Å². The van der Waals surface area contributed by atoms with Crippen molar-refractivity contribution < 1.29 is 23.8 Å². The first-order chi connectivity index (χ1) is 12.6. The summed E-state index contributed by atoms with van der Waals surface area (Å²) in [5.41, 5.74) is 0.0687. The molecule has 1 aliphatic carbocycles. The zero-order valence-electron chi connectivity index (χ0n) is 15.0. The topological polar surface area (TPSA) is 68.3 Å². The van der Waals surface area contributed by atoms with E-state index in [0.29, 0.717) is 38.6 Å². The Labute approximate surface area is 152 Å². The van der Waals surface area contributed by atoms with Gasteiger partial charge in [-0.25, -0.2) is 0 Å². The van der Waals surface area contributed by atoms with E-state index in [1.165, 1.54) is 0 Å². The lowest BCUT2D eigenvalue weighted by Crippen LogP contribution is -2.61. The Balaban J connectivity index is 1.57. The number of nitrogens with zero attached hydrogens (tertiary/aromatic N) is 2. The summed E-state index contributed by atoms with van der Waals surface area (Å²) in [7, 11) is 1.60. The van der Waals surface area contributed by atoms with Crippen molar-refractivity contribution in [3.8, 4) is 5.75 Å². The number of morpholine rings is 1. The van der Waals surface area contributed by atoms with Crippen LogP contribution in [0.5, 0.6) is 5.75 Å². The molecule has 0 radical (unpaired) electrons. The Bertz CT molecular complexity index is 705. The third-order valence-corrected chi connectivity index (χ3v) is 5.20. The zero-order chi connectivity index (χ0) is 18.1. The number of benzene rings is 1. The Kier molecular flexibility index (Phi) is 4.58. The van der Waals surface area contributed by atoms with Crippen molar-refractivity contribution in [1.29, 1.82) is 0 Å². The van der Waals surface area contributed by atoms with Crippen LogP contribution in [0.15, 0.2) is 24.3 Å². The van der Waals surface area contributed by atoms with Crippen LogP contribution < -0.4 is 9.64 Å². The third-order valence-electron chi connectivity index (χ3n) is 5.20. The minimum atomic E-state index is -0.696. The quantitative estimate of drug-likeness (QED) is 0.806. The molecule has 3 fully saturated rings. The summed E-state index contributed by atoms with van der Waals surface area (Å²) in [5, 5.41) is 0. The van der Waals surface area contributed by atoms with Crippen LogP contribution in [-0.4, -0.2) is 68.9 Å². The molecule has 0 bridgehead atoms. The lowest BCUT2D eigenvalue weighted by Gasteiger charge is -2.43. The lowest BCUT2D eigenvalue weighted by molar-refractivity contribution is -0.150. The van der Waals surface area contributed by atoms with E-state index in [4.69, 9.17) is 14.2 Å². The lowest BCUT2D eigenvalue weighted by atomic mass is 10.0. The Morgan fingerprint density at radius 2 is 2.15 bits per heavy atom. The minimum absolute atomic E-state index is 0.0218. The van der Waals surface area contributed by atoms with Gasteiger partial charge in [-0.3, -0.25) is 9.59 Å². The normalized spacial score (nSPS) is 26.7. The van der Waals surface area contributed by atoms with Gasteiger partial charge in [0.05, 0.1) is 33.4 Å². The Morgan fingerprint density at radius 3 is 2.92 bits per heavy atom. The molecule has 7 nitrogen and oxygen atoms in total. The van der Waals surface area contributed by atoms with Crippen molar-refractivity contribution in [3.63, 3.8) is 0 Å². The van der Waals surface area contributed by atoms with Crippen molar-refractivity contribution in [1.82, 2.24) is 4.90 Å². The molecule has 1 unspecified atom stereocenters. The van der Waals surface area contributed by atoms with Gasteiger partial charge in [-0.05, 0) is 25.0 Å². The molecule has 1 atom stereocenters. The fourth-order valence-corrected chi connectivity index (χ4v) is 3.59. The predicted octanol–water partition coefficient (Wildman–Crippen LogP) is 1.07. The number of hydrogen-bond donors (Lipinski definition) is 0. The Morgan fingerprint density at radius 1 is 1.31 bits per heavy atom. The summed E-state index contributed by atoms with van der Waals surface area (Å²) < 4.78 is 17.0. The molecule has 2 saturated heterocycles. The standard InChI is InChI=1S/C19H24N2O5/c1-24-16-4-2-3-15(9-16)21-12-19(26-10-17(21)22)11-20(7-8-25-13-19)18(23)14-5-6-14/h2-4,9,14H,5-8,10-13H2,1H3. The number of carbonyl (C=O) groups is 2. The maximum atomic E-state index is 12.6. The van der Waals surface area contributed by atoms with E-state index in [-0.39, 0.29) is 24.3 Å². The molecule has 1 saturated carbocycles. The molecular weight excluding hydrogens is 336 g/mol. The molecule has 2 heterocycles. The van der Waals surface area contributed by atoms with Crippen molar-refractivity contribution in [3.05, 3.63) is 24.3 Å². The fraction of sp³-hybridized carbons (Fsp3) is 0.579. The monoisotopic (exact) mass is 360 g/mol. The SMILES string of the molecule is COc1cccc(N2CC3(COCCN(C(=O)C4CC4)C3)OCC2=O)c1. The largest absolute Gasteiger partial charge is 0.497 e. The van der Waals surface area contributed by atoms with Crippen LogP contribution in [0, 0.1) is 5.92 Å². The zero-order valence-corrected chi connectivity index (χ0v) is 15.0. The van der Waals surface area contributed by atoms with Crippen LogP contribution in [0.2, 0.25) is 0 Å². The highest BCUT2D eigenvalue weighted by Crippen LogP contribution is 2.33. The van der Waals surface area contributed by atoms with Gasteiger partial charge in [0.2, 0.25) is 5.91 Å². The van der Waals surface area contributed by atoms with E-state index in [2.05, 4.69) is 0 Å². The molecule has 1 spiro atoms. The summed E-state index contributed by atoms with van der Waals surface area (Å²) in [4.78, 5) is 28.6. The first-order valence-corrected chi connectivity index (χ1v) is 9.05. The molecule has 2 amide bonds. The Hall–Kier alpha value is -2.12. The van der Waals surface area contributed by atoms with E-state index in [1.54, 1.807) is 12.0 Å². The molecule has 4 rings (SSSR count). The predicted molar refractivity (Wildman–Crippen MR) is 94.2 cm³/mol. The average Bonchev–Trinajstić information content (AvgIpc) is 3.51. The number of methoxy groups -OCH3 is 1. The molecule has 1 aromatic rings. The van der Waals surface area contributed by atoms with Crippen LogP contribution in [0.25, 0.3) is 0 Å².